The topological polar surface area (TPSA) is 67.7 Å². The highest BCUT2D eigenvalue weighted by molar-refractivity contribution is 7.98. The Bertz CT molecular complexity index is 930. The molecular weight excluding hydrogens is 364 g/mol. The number of rotatable bonds is 5. The van der Waals surface area contributed by atoms with Crippen molar-refractivity contribution in [2.45, 2.75) is 38.2 Å². The largest absolute Gasteiger partial charge is 0.366 e. The molecule has 8 heteroatoms. The summed E-state index contributed by atoms with van der Waals surface area (Å²) in [5.74, 6) is 1.74. The molecule has 0 aliphatic heterocycles. The summed E-state index contributed by atoms with van der Waals surface area (Å²) in [4.78, 5) is 13.8. The van der Waals surface area contributed by atoms with Crippen LogP contribution >= 0.6 is 24.0 Å². The van der Waals surface area contributed by atoms with Gasteiger partial charge in [0.1, 0.15) is 5.82 Å². The molecule has 136 valence electrons. The highest BCUT2D eigenvalue weighted by Crippen LogP contribution is 2.25. The van der Waals surface area contributed by atoms with Crippen LogP contribution in [-0.4, -0.2) is 31.7 Å². The molecule has 0 spiro atoms. The summed E-state index contributed by atoms with van der Waals surface area (Å²) in [7, 11) is 1.80. The molecule has 6 nitrogen and oxygen atoms in total. The fourth-order valence-electron chi connectivity index (χ4n) is 2.80. The molecule has 0 saturated carbocycles. The van der Waals surface area contributed by atoms with E-state index in [-0.39, 0.29) is 0 Å². The molecule has 3 rings (SSSR count). The van der Waals surface area contributed by atoms with E-state index in [2.05, 4.69) is 38.2 Å². The van der Waals surface area contributed by atoms with Gasteiger partial charge in [0.05, 0.1) is 16.8 Å². The number of nitrogens with zero attached hydrogens (tertiary/aromatic N) is 4. The Kier molecular flexibility index (Phi) is 5.73. The van der Waals surface area contributed by atoms with E-state index >= 15 is 0 Å². The molecule has 2 N–H and O–H groups in total. The zero-order valence-corrected chi connectivity index (χ0v) is 17.0. The second kappa shape index (κ2) is 8.01. The molecule has 0 bridgehead atoms. The van der Waals surface area contributed by atoms with Crippen molar-refractivity contribution in [1.29, 1.82) is 0 Å². The Morgan fingerprint density at radius 3 is 2.54 bits per heavy atom. The second-order valence-electron chi connectivity index (χ2n) is 5.90. The van der Waals surface area contributed by atoms with Crippen molar-refractivity contribution in [2.24, 2.45) is 0 Å². The van der Waals surface area contributed by atoms with E-state index < -0.39 is 0 Å². The van der Waals surface area contributed by atoms with E-state index in [1.165, 1.54) is 0 Å². The number of imidazole rings is 1. The highest BCUT2D eigenvalue weighted by Gasteiger charge is 2.12. The average molecular weight is 387 g/mol. The summed E-state index contributed by atoms with van der Waals surface area (Å²) >= 11 is 6.78. The van der Waals surface area contributed by atoms with Crippen LogP contribution in [0.3, 0.4) is 0 Å². The Balaban J connectivity index is 1.86. The molecular formula is C18H22N6S2. The van der Waals surface area contributed by atoms with Crippen LogP contribution in [-0.2, 0) is 12.3 Å². The van der Waals surface area contributed by atoms with Crippen LogP contribution in [0.4, 0.5) is 5.69 Å². The monoisotopic (exact) mass is 386 g/mol. The number of thioether (sulfide) groups is 1. The van der Waals surface area contributed by atoms with Gasteiger partial charge in [-0.3, -0.25) is 0 Å². The highest BCUT2D eigenvalue weighted by atomic mass is 32.2. The number of fused-ring (bicyclic) bond motifs is 1. The zero-order chi connectivity index (χ0) is 18.7. The summed E-state index contributed by atoms with van der Waals surface area (Å²) in [6.45, 7) is 6.97. The molecule has 2 aromatic heterocycles. The van der Waals surface area contributed by atoms with Crippen molar-refractivity contribution in [3.8, 4) is 0 Å². The van der Waals surface area contributed by atoms with E-state index in [1.807, 2.05) is 32.0 Å². The standard InChI is InChI=1S/C18H22N6S2/c1-5-24-15-7-6-13(22-17(25)19-4)9-14(15)23-16(24)10-26-18-20-11(2)8-12(3)21-18/h6-9H,5,10H2,1-4H3,(H2,19,22,25). The van der Waals surface area contributed by atoms with Gasteiger partial charge in [0.2, 0.25) is 0 Å². The van der Waals surface area contributed by atoms with Gasteiger partial charge in [-0.1, -0.05) is 11.8 Å². The molecule has 1 aromatic carbocycles. The number of hydrogen-bond donors (Lipinski definition) is 2. The third kappa shape index (κ3) is 4.13. The predicted molar refractivity (Wildman–Crippen MR) is 112 cm³/mol. The lowest BCUT2D eigenvalue weighted by Gasteiger charge is -2.08. The Hall–Kier alpha value is -2.19. The van der Waals surface area contributed by atoms with Crippen LogP contribution in [0.15, 0.2) is 29.4 Å². The summed E-state index contributed by atoms with van der Waals surface area (Å²) in [5, 5.41) is 7.44. The van der Waals surface area contributed by atoms with Crippen molar-refractivity contribution in [1.82, 2.24) is 24.8 Å². The van der Waals surface area contributed by atoms with Gasteiger partial charge in [-0.05, 0) is 57.3 Å². The summed E-state index contributed by atoms with van der Waals surface area (Å²) in [6, 6.07) is 8.10. The average Bonchev–Trinajstić information content (AvgIpc) is 2.95. The maximum Gasteiger partial charge on any atom is 0.188 e. The van der Waals surface area contributed by atoms with Gasteiger partial charge in [-0.25, -0.2) is 15.0 Å². The number of nitrogens with one attached hydrogen (secondary N) is 2. The first-order chi connectivity index (χ1) is 12.5. The number of aromatic nitrogens is 4. The van der Waals surface area contributed by atoms with Gasteiger partial charge in [0.25, 0.3) is 0 Å². The summed E-state index contributed by atoms with van der Waals surface area (Å²) in [6.07, 6.45) is 0. The molecule has 2 heterocycles. The third-order valence-electron chi connectivity index (χ3n) is 3.92. The van der Waals surface area contributed by atoms with Crippen molar-refractivity contribution in [2.75, 3.05) is 12.4 Å². The third-order valence-corrected chi connectivity index (χ3v) is 5.07. The smallest absolute Gasteiger partial charge is 0.188 e. The van der Waals surface area contributed by atoms with Crippen LogP contribution in [0.5, 0.6) is 0 Å². The maximum atomic E-state index is 5.17. The minimum atomic E-state index is 0.585. The van der Waals surface area contributed by atoms with E-state index in [9.17, 15) is 0 Å². The molecule has 0 amide bonds. The molecule has 0 radical (unpaired) electrons. The first-order valence-electron chi connectivity index (χ1n) is 8.43. The Morgan fingerprint density at radius 2 is 1.88 bits per heavy atom. The maximum absolute atomic E-state index is 5.17. The fraction of sp³-hybridized carbons (Fsp3) is 0.333. The molecule has 0 fully saturated rings. The van der Waals surface area contributed by atoms with Crippen LogP contribution in [0.1, 0.15) is 24.1 Å². The normalized spacial score (nSPS) is 10.9. The van der Waals surface area contributed by atoms with Gasteiger partial charge in [-0.15, -0.1) is 0 Å². The minimum Gasteiger partial charge on any atom is -0.366 e. The molecule has 3 aromatic rings. The Morgan fingerprint density at radius 1 is 1.15 bits per heavy atom. The molecule has 26 heavy (non-hydrogen) atoms. The summed E-state index contributed by atoms with van der Waals surface area (Å²) < 4.78 is 2.23. The lowest BCUT2D eigenvalue weighted by atomic mass is 10.2. The lowest BCUT2D eigenvalue weighted by molar-refractivity contribution is 0.747. The first-order valence-corrected chi connectivity index (χ1v) is 9.82. The minimum absolute atomic E-state index is 0.585. The quantitative estimate of drug-likeness (QED) is 0.394. The number of benzene rings is 1. The van der Waals surface area contributed by atoms with Gasteiger partial charge in [0, 0.05) is 30.7 Å². The predicted octanol–water partition coefficient (Wildman–Crippen LogP) is 3.67. The number of thiocarbonyl (C=S) groups is 1. The van der Waals surface area contributed by atoms with Gasteiger partial charge in [-0.2, -0.15) is 0 Å². The van der Waals surface area contributed by atoms with Crippen LogP contribution in [0.25, 0.3) is 11.0 Å². The van der Waals surface area contributed by atoms with E-state index in [4.69, 9.17) is 17.2 Å². The van der Waals surface area contributed by atoms with E-state index in [1.54, 1.807) is 18.8 Å². The van der Waals surface area contributed by atoms with Gasteiger partial charge < -0.3 is 15.2 Å². The van der Waals surface area contributed by atoms with Crippen LogP contribution in [0, 0.1) is 13.8 Å². The number of hydrogen-bond acceptors (Lipinski definition) is 5. The summed E-state index contributed by atoms with van der Waals surface area (Å²) in [5.41, 5.74) is 4.97. The van der Waals surface area contributed by atoms with Crippen LogP contribution < -0.4 is 10.6 Å². The Labute approximate surface area is 162 Å². The van der Waals surface area contributed by atoms with Crippen molar-refractivity contribution >= 4 is 45.8 Å². The first kappa shape index (κ1) is 18.6. The molecule has 0 atom stereocenters. The molecule has 0 saturated heterocycles. The van der Waals surface area contributed by atoms with Crippen molar-refractivity contribution in [3.05, 3.63) is 41.5 Å². The number of aryl methyl sites for hydroxylation is 3. The van der Waals surface area contributed by atoms with Gasteiger partial charge in [0.15, 0.2) is 10.3 Å². The van der Waals surface area contributed by atoms with E-state index in [0.717, 1.165) is 51.4 Å². The van der Waals surface area contributed by atoms with Crippen molar-refractivity contribution < 1.29 is 0 Å². The molecule has 0 aliphatic rings. The van der Waals surface area contributed by atoms with Crippen LogP contribution in [0.2, 0.25) is 0 Å². The molecule has 0 unspecified atom stereocenters. The fourth-order valence-corrected chi connectivity index (χ4v) is 3.81. The second-order valence-corrected chi connectivity index (χ2v) is 7.25. The van der Waals surface area contributed by atoms with Crippen molar-refractivity contribution in [3.63, 3.8) is 0 Å². The van der Waals surface area contributed by atoms with E-state index in [0.29, 0.717) is 5.11 Å². The number of anilines is 1. The zero-order valence-electron chi connectivity index (χ0n) is 15.3. The molecule has 0 aliphatic carbocycles. The van der Waals surface area contributed by atoms with Gasteiger partial charge >= 0.3 is 0 Å². The lowest BCUT2D eigenvalue weighted by Crippen LogP contribution is -2.23. The SMILES string of the molecule is CCn1c(CSc2nc(C)cc(C)n2)nc2cc(NC(=S)NC)ccc21.